The number of carbonyl (C=O) groups excluding carboxylic acids is 2. The van der Waals surface area contributed by atoms with Crippen LogP contribution in [0.2, 0.25) is 0 Å². The second-order valence-corrected chi connectivity index (χ2v) is 9.12. The van der Waals surface area contributed by atoms with E-state index >= 15 is 0 Å². The van der Waals surface area contributed by atoms with Crippen LogP contribution in [0.4, 0.5) is 4.79 Å². The molecule has 0 aliphatic carbocycles. The van der Waals surface area contributed by atoms with E-state index in [1.54, 1.807) is 6.92 Å². The number of rotatable bonds is 14. The van der Waals surface area contributed by atoms with Crippen molar-refractivity contribution in [3.8, 4) is 0 Å². The molecule has 1 amide bonds. The van der Waals surface area contributed by atoms with Gasteiger partial charge in [0.15, 0.2) is 0 Å². The summed E-state index contributed by atoms with van der Waals surface area (Å²) in [6.45, 7) is 17.9. The SMILES string of the molecule is C=C(C)C(=O)OCCNC(=O)OC(CC(C)CCC(C)C(O)CC(C)C)C(C)C. The maximum atomic E-state index is 12.1. The maximum Gasteiger partial charge on any atom is 0.407 e. The molecule has 0 spiro atoms. The normalized spacial score (nSPS) is 15.5. The molecule has 4 atom stereocenters. The van der Waals surface area contributed by atoms with Crippen molar-refractivity contribution in [1.82, 2.24) is 5.32 Å². The fourth-order valence-corrected chi connectivity index (χ4v) is 3.03. The highest BCUT2D eigenvalue weighted by atomic mass is 16.6. The van der Waals surface area contributed by atoms with Gasteiger partial charge in [-0.15, -0.1) is 0 Å². The van der Waals surface area contributed by atoms with Crippen molar-refractivity contribution in [2.75, 3.05) is 13.2 Å². The monoisotopic (exact) mass is 413 g/mol. The van der Waals surface area contributed by atoms with Crippen molar-refractivity contribution in [3.63, 3.8) is 0 Å². The van der Waals surface area contributed by atoms with Gasteiger partial charge in [0.1, 0.15) is 12.7 Å². The van der Waals surface area contributed by atoms with Crippen LogP contribution in [-0.4, -0.2) is 42.5 Å². The predicted molar refractivity (Wildman–Crippen MR) is 117 cm³/mol. The number of nitrogens with one attached hydrogen (secondary N) is 1. The molecule has 29 heavy (non-hydrogen) atoms. The molecule has 0 aromatic carbocycles. The quantitative estimate of drug-likeness (QED) is 0.245. The van der Waals surface area contributed by atoms with Gasteiger partial charge in [-0.25, -0.2) is 9.59 Å². The lowest BCUT2D eigenvalue weighted by Gasteiger charge is -2.26. The summed E-state index contributed by atoms with van der Waals surface area (Å²) in [4.78, 5) is 23.3. The average Bonchev–Trinajstić information content (AvgIpc) is 2.61. The third-order valence-electron chi connectivity index (χ3n) is 5.07. The third kappa shape index (κ3) is 13.3. The smallest absolute Gasteiger partial charge is 0.407 e. The summed E-state index contributed by atoms with van der Waals surface area (Å²) in [5, 5.41) is 12.9. The largest absolute Gasteiger partial charge is 0.460 e. The van der Waals surface area contributed by atoms with Crippen LogP contribution >= 0.6 is 0 Å². The van der Waals surface area contributed by atoms with E-state index in [0.29, 0.717) is 17.4 Å². The highest BCUT2D eigenvalue weighted by Crippen LogP contribution is 2.24. The first kappa shape index (κ1) is 27.4. The topological polar surface area (TPSA) is 84.9 Å². The van der Waals surface area contributed by atoms with Gasteiger partial charge in [0, 0.05) is 5.57 Å². The van der Waals surface area contributed by atoms with E-state index in [0.717, 1.165) is 25.7 Å². The minimum Gasteiger partial charge on any atom is -0.460 e. The molecule has 0 rings (SSSR count). The van der Waals surface area contributed by atoms with E-state index in [1.165, 1.54) is 0 Å². The summed E-state index contributed by atoms with van der Waals surface area (Å²) in [5.74, 6) is 0.880. The molecule has 0 saturated carbocycles. The average molecular weight is 414 g/mol. The molecule has 4 unspecified atom stereocenters. The Morgan fingerprint density at radius 1 is 1.03 bits per heavy atom. The van der Waals surface area contributed by atoms with Crippen molar-refractivity contribution < 1.29 is 24.2 Å². The Hall–Kier alpha value is -1.56. The van der Waals surface area contributed by atoms with Gasteiger partial charge >= 0.3 is 12.1 Å². The highest BCUT2D eigenvalue weighted by molar-refractivity contribution is 5.86. The minimum absolute atomic E-state index is 0.0835. The number of amides is 1. The Labute approximate surface area is 177 Å². The molecule has 0 heterocycles. The number of aliphatic hydroxyl groups excluding tert-OH is 1. The van der Waals surface area contributed by atoms with E-state index in [-0.39, 0.29) is 37.2 Å². The Bertz CT molecular complexity index is 503. The van der Waals surface area contributed by atoms with Crippen LogP contribution in [0.15, 0.2) is 12.2 Å². The van der Waals surface area contributed by atoms with Gasteiger partial charge in [-0.05, 0) is 49.9 Å². The van der Waals surface area contributed by atoms with E-state index in [4.69, 9.17) is 9.47 Å². The van der Waals surface area contributed by atoms with Gasteiger partial charge in [0.2, 0.25) is 0 Å². The van der Waals surface area contributed by atoms with Crippen molar-refractivity contribution in [2.24, 2.45) is 23.7 Å². The second-order valence-electron chi connectivity index (χ2n) is 9.12. The van der Waals surface area contributed by atoms with Gasteiger partial charge in [-0.3, -0.25) is 0 Å². The van der Waals surface area contributed by atoms with Crippen molar-refractivity contribution in [1.29, 1.82) is 0 Å². The first-order chi connectivity index (χ1) is 13.4. The van der Waals surface area contributed by atoms with Crippen LogP contribution in [0.25, 0.3) is 0 Å². The lowest BCUT2D eigenvalue weighted by molar-refractivity contribution is -0.138. The second kappa shape index (κ2) is 14.4. The summed E-state index contributed by atoms with van der Waals surface area (Å²) in [6, 6.07) is 0. The number of ether oxygens (including phenoxy) is 2. The highest BCUT2D eigenvalue weighted by Gasteiger charge is 2.22. The first-order valence-electron chi connectivity index (χ1n) is 10.9. The molecule has 170 valence electrons. The van der Waals surface area contributed by atoms with Gasteiger partial charge in [-0.2, -0.15) is 0 Å². The molecule has 0 aromatic rings. The summed E-state index contributed by atoms with van der Waals surface area (Å²) in [5.41, 5.74) is 0.326. The fraction of sp³-hybridized carbons (Fsp3) is 0.826. The molecule has 2 N–H and O–H groups in total. The summed E-state index contributed by atoms with van der Waals surface area (Å²) in [7, 11) is 0. The van der Waals surface area contributed by atoms with Gasteiger partial charge in [0.25, 0.3) is 0 Å². The van der Waals surface area contributed by atoms with Crippen LogP contribution in [0.3, 0.4) is 0 Å². The number of alkyl carbamates (subject to hydrolysis) is 1. The lowest BCUT2D eigenvalue weighted by atomic mass is 9.87. The standard InChI is InChI=1S/C23H43NO5/c1-15(2)13-20(25)19(8)10-9-18(7)14-21(16(3)4)29-23(27)24-11-12-28-22(26)17(5)6/h15-16,18-21,25H,5,9-14H2,1-4,6-8H3,(H,24,27). The van der Waals surface area contributed by atoms with Crippen molar-refractivity contribution in [2.45, 2.75) is 86.4 Å². The van der Waals surface area contributed by atoms with Crippen LogP contribution in [0.1, 0.15) is 74.1 Å². The Morgan fingerprint density at radius 3 is 2.17 bits per heavy atom. The Balaban J connectivity index is 4.30. The lowest BCUT2D eigenvalue weighted by Crippen LogP contribution is -2.34. The zero-order chi connectivity index (χ0) is 22.6. The van der Waals surface area contributed by atoms with Crippen LogP contribution in [-0.2, 0) is 14.3 Å². The van der Waals surface area contributed by atoms with E-state index < -0.39 is 12.1 Å². The molecule has 6 heteroatoms. The number of carbonyl (C=O) groups is 2. The number of hydrogen-bond acceptors (Lipinski definition) is 5. The maximum absolute atomic E-state index is 12.1. The molecule has 0 bridgehead atoms. The van der Waals surface area contributed by atoms with E-state index in [2.05, 4.69) is 39.6 Å². The van der Waals surface area contributed by atoms with Crippen LogP contribution in [0, 0.1) is 23.7 Å². The fourth-order valence-electron chi connectivity index (χ4n) is 3.03. The van der Waals surface area contributed by atoms with Crippen molar-refractivity contribution in [3.05, 3.63) is 12.2 Å². The number of esters is 1. The molecule has 0 fully saturated rings. The molecule has 0 aromatic heterocycles. The molecule has 0 aliphatic heterocycles. The zero-order valence-corrected chi connectivity index (χ0v) is 19.5. The molecular weight excluding hydrogens is 370 g/mol. The Morgan fingerprint density at radius 2 is 1.66 bits per heavy atom. The summed E-state index contributed by atoms with van der Waals surface area (Å²) < 4.78 is 10.5. The van der Waals surface area contributed by atoms with Gasteiger partial charge < -0.3 is 19.9 Å². The molecule has 6 nitrogen and oxygen atoms in total. The van der Waals surface area contributed by atoms with Crippen LogP contribution < -0.4 is 5.32 Å². The third-order valence-corrected chi connectivity index (χ3v) is 5.07. The molecular formula is C23H43NO5. The van der Waals surface area contributed by atoms with Gasteiger partial charge in [0.05, 0.1) is 12.6 Å². The zero-order valence-electron chi connectivity index (χ0n) is 19.5. The number of aliphatic hydroxyl groups is 1. The molecule has 0 aliphatic rings. The Kier molecular flexibility index (Phi) is 13.7. The molecule has 0 saturated heterocycles. The van der Waals surface area contributed by atoms with Crippen LogP contribution in [0.5, 0.6) is 0 Å². The van der Waals surface area contributed by atoms with E-state index in [9.17, 15) is 14.7 Å². The van der Waals surface area contributed by atoms with Crippen molar-refractivity contribution >= 4 is 12.1 Å². The first-order valence-corrected chi connectivity index (χ1v) is 10.9. The van der Waals surface area contributed by atoms with Gasteiger partial charge in [-0.1, -0.05) is 54.5 Å². The summed E-state index contributed by atoms with van der Waals surface area (Å²) in [6.07, 6.45) is 2.62. The minimum atomic E-state index is -0.497. The molecule has 0 radical (unpaired) electrons. The number of hydrogen-bond donors (Lipinski definition) is 2. The summed E-state index contributed by atoms with van der Waals surface area (Å²) >= 11 is 0. The predicted octanol–water partition coefficient (Wildman–Crippen LogP) is 4.71. The van der Waals surface area contributed by atoms with E-state index in [1.807, 2.05) is 13.8 Å².